The predicted molar refractivity (Wildman–Crippen MR) is 123 cm³/mol. The molecule has 0 aromatic carbocycles. The third-order valence-electron chi connectivity index (χ3n) is 5.15. The molecule has 0 unspecified atom stereocenters. The molecule has 0 rings (SSSR count). The van der Waals surface area contributed by atoms with Crippen LogP contribution < -0.4 is 5.11 Å². The monoisotopic (exact) mass is 441 g/mol. The molecule has 0 amide bonds. The maximum Gasteiger partial charge on any atom is 0.308 e. The summed E-state index contributed by atoms with van der Waals surface area (Å²) in [5.41, 5.74) is 0. The average Bonchev–Trinajstić information content (AvgIpc) is 2.63. The number of nitrogens with zero attached hydrogens (tertiary/aromatic N) is 1. The number of likely N-dealkylation sites (N-methyl/N-ethyl adjacent to an activating group) is 1. The molecule has 31 heavy (non-hydrogen) atoms. The van der Waals surface area contributed by atoms with Crippen LogP contribution in [-0.2, 0) is 14.3 Å². The lowest BCUT2D eigenvalue weighted by Crippen LogP contribution is -2.45. The Labute approximate surface area is 190 Å². The molecule has 0 heterocycles. The number of ether oxygens (including phenoxy) is 1. The van der Waals surface area contributed by atoms with Crippen molar-refractivity contribution in [2.75, 3.05) is 27.7 Å². The lowest BCUT2D eigenvalue weighted by atomic mass is 10.0. The first-order valence-electron chi connectivity index (χ1n) is 12.2. The summed E-state index contributed by atoms with van der Waals surface area (Å²) in [5.74, 6) is -1.79. The second kappa shape index (κ2) is 18.2. The molecular weight excluding hydrogens is 394 g/mol. The van der Waals surface area contributed by atoms with Gasteiger partial charge in [-0.25, -0.2) is 0 Å². The number of rotatable bonds is 20. The number of carboxylic acid groups (broad SMARTS) is 1. The normalized spacial score (nSPS) is 14.0. The van der Waals surface area contributed by atoms with Crippen molar-refractivity contribution in [3.05, 3.63) is 12.2 Å². The van der Waals surface area contributed by atoms with Crippen molar-refractivity contribution in [3.63, 3.8) is 0 Å². The van der Waals surface area contributed by atoms with Gasteiger partial charge in [0, 0.05) is 12.4 Å². The number of hydrogen-bond acceptors (Lipinski definition) is 5. The molecule has 1 N–H and O–H groups in total. The number of esters is 1. The van der Waals surface area contributed by atoms with Gasteiger partial charge in [-0.1, -0.05) is 64.0 Å². The van der Waals surface area contributed by atoms with E-state index in [1.54, 1.807) is 0 Å². The Bertz CT molecular complexity index is 499. The highest BCUT2D eigenvalue weighted by Gasteiger charge is 2.23. The number of carbonyl (C=O) groups excluding carboxylic acids is 2. The zero-order valence-corrected chi connectivity index (χ0v) is 20.4. The van der Waals surface area contributed by atoms with E-state index in [0.717, 1.165) is 25.7 Å². The first-order valence-corrected chi connectivity index (χ1v) is 12.2. The maximum atomic E-state index is 12.1. The van der Waals surface area contributed by atoms with Gasteiger partial charge in [0.05, 0.1) is 33.7 Å². The van der Waals surface area contributed by atoms with Gasteiger partial charge in [-0.15, -0.1) is 0 Å². The van der Waals surface area contributed by atoms with Crippen LogP contribution in [0.15, 0.2) is 12.2 Å². The molecule has 0 fully saturated rings. The Balaban J connectivity index is 3.81. The van der Waals surface area contributed by atoms with Crippen molar-refractivity contribution in [1.29, 1.82) is 0 Å². The average molecular weight is 442 g/mol. The molecule has 0 aliphatic heterocycles. The summed E-state index contributed by atoms with van der Waals surface area (Å²) < 4.78 is 5.76. The van der Waals surface area contributed by atoms with Crippen LogP contribution in [0.4, 0.5) is 0 Å². The van der Waals surface area contributed by atoms with Gasteiger partial charge >= 0.3 is 5.97 Å². The summed E-state index contributed by atoms with van der Waals surface area (Å²) in [6.07, 6.45) is 16.3. The molecule has 182 valence electrons. The smallest absolute Gasteiger partial charge is 0.308 e. The molecule has 0 radical (unpaired) electrons. The zero-order valence-electron chi connectivity index (χ0n) is 20.4. The summed E-state index contributed by atoms with van der Waals surface area (Å²) in [6.45, 7) is 2.61. The molecule has 0 spiro atoms. The molecule has 0 aromatic rings. The van der Waals surface area contributed by atoms with Crippen LogP contribution in [0, 0.1) is 0 Å². The SMILES string of the molecule is CCCCCC/C=C\CCCCCCC[C@@H](O)CC(=O)O[C@H](CC(=O)[O-])C[N+](C)(C)C. The fraction of sp³-hybridized carbons (Fsp3) is 0.840. The quantitative estimate of drug-likeness (QED) is 0.135. The molecule has 0 aliphatic carbocycles. The molecule has 0 aliphatic rings. The fourth-order valence-corrected chi connectivity index (χ4v) is 3.57. The summed E-state index contributed by atoms with van der Waals surface area (Å²) in [6, 6.07) is 0. The first kappa shape index (κ1) is 29.6. The van der Waals surface area contributed by atoms with Crippen molar-refractivity contribution in [3.8, 4) is 0 Å². The van der Waals surface area contributed by atoms with E-state index >= 15 is 0 Å². The Morgan fingerprint density at radius 2 is 1.45 bits per heavy atom. The number of carbonyl (C=O) groups is 2. The topological polar surface area (TPSA) is 86.7 Å². The van der Waals surface area contributed by atoms with E-state index in [-0.39, 0.29) is 12.8 Å². The van der Waals surface area contributed by atoms with Gasteiger partial charge in [0.1, 0.15) is 6.54 Å². The lowest BCUT2D eigenvalue weighted by Gasteiger charge is -2.29. The second-order valence-electron chi connectivity index (χ2n) is 9.68. The third-order valence-corrected chi connectivity index (χ3v) is 5.15. The van der Waals surface area contributed by atoms with E-state index in [1.165, 1.54) is 44.9 Å². The summed E-state index contributed by atoms with van der Waals surface area (Å²) >= 11 is 0. The van der Waals surface area contributed by atoms with Gasteiger partial charge in [0.2, 0.25) is 0 Å². The summed E-state index contributed by atoms with van der Waals surface area (Å²) in [4.78, 5) is 22.9. The summed E-state index contributed by atoms with van der Waals surface area (Å²) in [5, 5.41) is 21.0. The van der Waals surface area contributed by atoms with Crippen molar-refractivity contribution in [1.82, 2.24) is 0 Å². The Morgan fingerprint density at radius 3 is 2.00 bits per heavy atom. The number of aliphatic hydroxyl groups is 1. The van der Waals surface area contributed by atoms with Crippen molar-refractivity contribution >= 4 is 11.9 Å². The highest BCUT2D eigenvalue weighted by atomic mass is 16.5. The molecule has 6 nitrogen and oxygen atoms in total. The van der Waals surface area contributed by atoms with Crippen LogP contribution >= 0.6 is 0 Å². The Kier molecular flexibility index (Phi) is 17.4. The molecule has 2 atom stereocenters. The van der Waals surface area contributed by atoms with Crippen LogP contribution in [0.5, 0.6) is 0 Å². The molecule has 0 bridgehead atoms. The lowest BCUT2D eigenvalue weighted by molar-refractivity contribution is -0.873. The van der Waals surface area contributed by atoms with Gasteiger partial charge in [0.15, 0.2) is 6.10 Å². The van der Waals surface area contributed by atoms with E-state index < -0.39 is 24.1 Å². The summed E-state index contributed by atoms with van der Waals surface area (Å²) in [7, 11) is 5.70. The van der Waals surface area contributed by atoms with Crippen LogP contribution in [0.3, 0.4) is 0 Å². The van der Waals surface area contributed by atoms with Gasteiger partial charge in [-0.2, -0.15) is 0 Å². The number of hydrogen-bond donors (Lipinski definition) is 1. The fourth-order valence-electron chi connectivity index (χ4n) is 3.57. The number of aliphatic hydroxyl groups excluding tert-OH is 1. The van der Waals surface area contributed by atoms with Gasteiger partial charge in [-0.05, 0) is 32.1 Å². The number of aliphatic carboxylic acids is 1. The van der Waals surface area contributed by atoms with Gasteiger partial charge in [-0.3, -0.25) is 4.79 Å². The maximum absolute atomic E-state index is 12.1. The minimum absolute atomic E-state index is 0.0935. The van der Waals surface area contributed by atoms with E-state index in [2.05, 4.69) is 19.1 Å². The van der Waals surface area contributed by atoms with Crippen molar-refractivity contribution < 1.29 is 29.0 Å². The van der Waals surface area contributed by atoms with Crippen molar-refractivity contribution in [2.24, 2.45) is 0 Å². The van der Waals surface area contributed by atoms with Crippen molar-refractivity contribution in [2.45, 2.75) is 109 Å². The molecule has 0 aromatic heterocycles. The second-order valence-corrected chi connectivity index (χ2v) is 9.68. The van der Waals surface area contributed by atoms with Gasteiger partial charge < -0.3 is 24.2 Å². The molecule has 6 heteroatoms. The van der Waals surface area contributed by atoms with Crippen LogP contribution in [-0.4, -0.2) is 61.4 Å². The molecule has 0 saturated carbocycles. The largest absolute Gasteiger partial charge is 0.550 e. The first-order chi connectivity index (χ1) is 14.6. The number of carboxylic acids is 1. The number of allylic oxidation sites excluding steroid dienone is 2. The number of quaternary nitrogens is 1. The number of unbranched alkanes of at least 4 members (excludes halogenated alkanes) is 9. The third kappa shape index (κ3) is 21.6. The van der Waals surface area contributed by atoms with Gasteiger partial charge in [0.25, 0.3) is 0 Å². The van der Waals surface area contributed by atoms with Crippen LogP contribution in [0.1, 0.15) is 96.8 Å². The molecular formula is C25H47NO5. The van der Waals surface area contributed by atoms with Crippen LogP contribution in [0.25, 0.3) is 0 Å². The van der Waals surface area contributed by atoms with E-state index in [1.807, 2.05) is 21.1 Å². The van der Waals surface area contributed by atoms with Crippen LogP contribution in [0.2, 0.25) is 0 Å². The standard InChI is InChI=1S/C25H47NO5/c1-5-6-7-8-9-10-11-12-13-14-15-16-17-18-22(27)19-25(30)31-23(20-24(28)29)21-26(2,3)4/h10-11,22-23,27H,5-9,12-21H2,1-4H3/b11-10-/t22-,23-/m1/s1. The van der Waals surface area contributed by atoms with E-state index in [9.17, 15) is 19.8 Å². The minimum atomic E-state index is -1.24. The molecule has 0 saturated heterocycles. The van der Waals surface area contributed by atoms with E-state index in [4.69, 9.17) is 4.74 Å². The Morgan fingerprint density at radius 1 is 0.903 bits per heavy atom. The van der Waals surface area contributed by atoms with E-state index in [0.29, 0.717) is 17.4 Å². The minimum Gasteiger partial charge on any atom is -0.550 e. The Hall–Kier alpha value is -1.40. The highest BCUT2D eigenvalue weighted by Crippen LogP contribution is 2.13. The zero-order chi connectivity index (χ0) is 23.5. The highest BCUT2D eigenvalue weighted by molar-refractivity contribution is 5.71. The predicted octanol–water partition coefficient (Wildman–Crippen LogP) is 3.75.